The van der Waals surface area contributed by atoms with Crippen LogP contribution in [0.4, 0.5) is 36.3 Å². The number of amides is 1. The highest BCUT2D eigenvalue weighted by molar-refractivity contribution is 7.53. The van der Waals surface area contributed by atoms with Crippen LogP contribution in [0.3, 0.4) is 0 Å². The highest BCUT2D eigenvalue weighted by Gasteiger charge is 2.45. The Balaban J connectivity index is 1.67. The summed E-state index contributed by atoms with van der Waals surface area (Å²) in [6.07, 6.45) is -3.09. The van der Waals surface area contributed by atoms with Gasteiger partial charge >= 0.3 is 13.8 Å². The van der Waals surface area contributed by atoms with E-state index in [1.165, 1.54) is 11.0 Å². The topological polar surface area (TPSA) is 128 Å². The molecule has 9 nitrogen and oxygen atoms in total. The predicted octanol–water partition coefficient (Wildman–Crippen LogP) is 5.80. The van der Waals surface area contributed by atoms with Crippen molar-refractivity contribution in [2.24, 2.45) is 0 Å². The van der Waals surface area contributed by atoms with Gasteiger partial charge in [0.15, 0.2) is 0 Å². The van der Waals surface area contributed by atoms with E-state index in [4.69, 9.17) is 0 Å². The molecule has 3 aromatic rings. The Labute approximate surface area is 223 Å². The molecule has 0 atom stereocenters. The quantitative estimate of drug-likeness (QED) is 0.253. The molecule has 1 aliphatic rings. The number of hydrogen-bond acceptors (Lipinski definition) is 6. The third-order valence-electron chi connectivity index (χ3n) is 7.18. The van der Waals surface area contributed by atoms with Gasteiger partial charge in [-0.05, 0) is 48.6 Å². The average Bonchev–Trinajstić information content (AvgIpc) is 2.87. The molecule has 1 amide bonds. The number of aromatic nitrogens is 2. The van der Waals surface area contributed by atoms with Crippen molar-refractivity contribution in [3.05, 3.63) is 70.9 Å². The molecule has 1 aromatic heterocycles. The van der Waals surface area contributed by atoms with Crippen molar-refractivity contribution in [3.63, 3.8) is 0 Å². The fourth-order valence-electron chi connectivity index (χ4n) is 4.85. The van der Waals surface area contributed by atoms with E-state index in [9.17, 15) is 32.3 Å². The van der Waals surface area contributed by atoms with Crippen LogP contribution >= 0.6 is 7.60 Å². The van der Waals surface area contributed by atoms with E-state index in [1.807, 2.05) is 0 Å². The monoisotopic (exact) mass is 563 g/mol. The molecule has 4 N–H and O–H groups in total. The van der Waals surface area contributed by atoms with Gasteiger partial charge in [0.25, 0.3) is 5.91 Å². The van der Waals surface area contributed by atoms with Gasteiger partial charge in [-0.2, -0.15) is 18.2 Å². The van der Waals surface area contributed by atoms with Gasteiger partial charge in [0.1, 0.15) is 11.4 Å². The molecule has 13 heteroatoms. The lowest BCUT2D eigenvalue weighted by molar-refractivity contribution is -0.137. The van der Waals surface area contributed by atoms with Crippen LogP contribution in [0.5, 0.6) is 0 Å². The third kappa shape index (κ3) is 5.50. The van der Waals surface area contributed by atoms with Crippen molar-refractivity contribution in [2.45, 2.75) is 44.4 Å². The summed E-state index contributed by atoms with van der Waals surface area (Å²) in [5, 5.41) is 4.20. The van der Waals surface area contributed by atoms with Crippen molar-refractivity contribution < 1.29 is 32.3 Å². The highest BCUT2D eigenvalue weighted by Crippen LogP contribution is 2.60. The fraction of sp³-hybridized carbons (Fsp3) is 0.346. The van der Waals surface area contributed by atoms with Crippen LogP contribution in [0.2, 0.25) is 0 Å². The standard InChI is InChI=1S/C26H29F3N5O4P/c1-4-25(5-2,39(36,37)38)17-9-11-18(12-10-17)31-24-30-15-19(26(27,28)29)22(33-24)32-20-8-6-7-16-13-14-34(3)23(35)21(16)20/h6-12,15H,4-5,13-14H2,1-3H3,(H2,36,37,38)(H2,30,31,32,33). The minimum absolute atomic E-state index is 0.140. The summed E-state index contributed by atoms with van der Waals surface area (Å²) in [5.74, 6) is -0.965. The van der Waals surface area contributed by atoms with Gasteiger partial charge in [-0.1, -0.05) is 38.1 Å². The molecule has 0 spiro atoms. The van der Waals surface area contributed by atoms with Gasteiger partial charge in [0.2, 0.25) is 5.95 Å². The van der Waals surface area contributed by atoms with E-state index >= 15 is 0 Å². The molecule has 0 saturated heterocycles. The minimum Gasteiger partial charge on any atom is -0.341 e. The maximum atomic E-state index is 13.8. The molecular weight excluding hydrogens is 534 g/mol. The number of rotatable bonds is 8. The first-order valence-electron chi connectivity index (χ1n) is 12.3. The van der Waals surface area contributed by atoms with Crippen LogP contribution in [-0.2, 0) is 22.3 Å². The first kappa shape index (κ1) is 28.5. The Kier molecular flexibility index (Phi) is 7.75. The lowest BCUT2D eigenvalue weighted by Gasteiger charge is -2.33. The van der Waals surface area contributed by atoms with Crippen LogP contribution in [0, 0.1) is 0 Å². The van der Waals surface area contributed by atoms with E-state index in [-0.39, 0.29) is 30.4 Å². The molecule has 0 fully saturated rings. The molecule has 4 rings (SSSR count). The molecular formula is C26H29F3N5O4P. The molecule has 1 aliphatic heterocycles. The van der Waals surface area contributed by atoms with E-state index < -0.39 is 30.3 Å². The van der Waals surface area contributed by atoms with E-state index in [1.54, 1.807) is 57.3 Å². The number of alkyl halides is 3. The molecule has 0 radical (unpaired) electrons. The smallest absolute Gasteiger partial charge is 0.341 e. The van der Waals surface area contributed by atoms with Crippen LogP contribution in [-0.4, -0.2) is 44.2 Å². The Morgan fingerprint density at radius 1 is 1.05 bits per heavy atom. The lowest BCUT2D eigenvalue weighted by Crippen LogP contribution is -2.34. The number of hydrogen-bond donors (Lipinski definition) is 4. The largest absolute Gasteiger partial charge is 0.421 e. The van der Waals surface area contributed by atoms with Gasteiger partial charge in [0.05, 0.1) is 16.4 Å². The zero-order valence-electron chi connectivity index (χ0n) is 21.6. The number of halogens is 3. The predicted molar refractivity (Wildman–Crippen MR) is 141 cm³/mol. The number of likely N-dealkylation sites (N-methyl/N-ethyl adjacent to an activating group) is 1. The summed E-state index contributed by atoms with van der Waals surface area (Å²) < 4.78 is 53.7. The first-order valence-corrected chi connectivity index (χ1v) is 13.9. The van der Waals surface area contributed by atoms with Gasteiger partial charge in [0, 0.05) is 25.5 Å². The maximum Gasteiger partial charge on any atom is 0.421 e. The molecule has 0 unspecified atom stereocenters. The van der Waals surface area contributed by atoms with Crippen molar-refractivity contribution in [2.75, 3.05) is 24.2 Å². The van der Waals surface area contributed by atoms with E-state index in [2.05, 4.69) is 20.6 Å². The average molecular weight is 564 g/mol. The first-order chi connectivity index (χ1) is 18.3. The normalized spacial score (nSPS) is 14.3. The number of carbonyl (C=O) groups is 1. The Bertz CT molecular complexity index is 1420. The zero-order chi connectivity index (χ0) is 28.6. The minimum atomic E-state index is -4.76. The number of carbonyl (C=O) groups excluding carboxylic acids is 1. The Morgan fingerprint density at radius 2 is 1.72 bits per heavy atom. The third-order valence-corrected chi connectivity index (χ3v) is 9.19. The summed E-state index contributed by atoms with van der Waals surface area (Å²) >= 11 is 0. The fourth-order valence-corrected chi connectivity index (χ4v) is 6.16. The number of nitrogens with zero attached hydrogens (tertiary/aromatic N) is 3. The summed E-state index contributed by atoms with van der Waals surface area (Å²) in [7, 11) is -2.84. The van der Waals surface area contributed by atoms with E-state index in [0.717, 1.165) is 5.56 Å². The maximum absolute atomic E-state index is 13.8. The van der Waals surface area contributed by atoms with Gasteiger partial charge in [-0.15, -0.1) is 0 Å². The second-order valence-corrected chi connectivity index (χ2v) is 11.3. The van der Waals surface area contributed by atoms with Gasteiger partial charge < -0.3 is 25.3 Å². The molecule has 39 heavy (non-hydrogen) atoms. The highest BCUT2D eigenvalue weighted by atomic mass is 31.2. The molecule has 0 bridgehead atoms. The summed E-state index contributed by atoms with van der Waals surface area (Å²) in [6.45, 7) is 3.92. The number of fused-ring (bicyclic) bond motifs is 1. The molecule has 0 aliphatic carbocycles. The van der Waals surface area contributed by atoms with Crippen molar-refractivity contribution in [1.29, 1.82) is 0 Å². The summed E-state index contributed by atoms with van der Waals surface area (Å²) in [5.41, 5.74) is 0.986. The summed E-state index contributed by atoms with van der Waals surface area (Å²) in [6, 6.07) is 11.2. The molecule has 208 valence electrons. The zero-order valence-corrected chi connectivity index (χ0v) is 22.5. The van der Waals surface area contributed by atoms with Crippen molar-refractivity contribution >= 4 is 36.6 Å². The van der Waals surface area contributed by atoms with Crippen LogP contribution in [0.25, 0.3) is 0 Å². The Morgan fingerprint density at radius 3 is 2.31 bits per heavy atom. The van der Waals surface area contributed by atoms with Crippen LogP contribution in [0.15, 0.2) is 48.7 Å². The van der Waals surface area contributed by atoms with Gasteiger partial charge in [-0.3, -0.25) is 9.36 Å². The van der Waals surface area contributed by atoms with Gasteiger partial charge in [-0.25, -0.2) is 4.98 Å². The molecule has 2 heterocycles. The number of nitrogens with one attached hydrogen (secondary N) is 2. The van der Waals surface area contributed by atoms with Crippen molar-refractivity contribution in [1.82, 2.24) is 14.9 Å². The number of benzene rings is 2. The van der Waals surface area contributed by atoms with Crippen LogP contribution in [0.1, 0.15) is 53.7 Å². The molecule has 0 saturated carbocycles. The number of anilines is 4. The van der Waals surface area contributed by atoms with Crippen LogP contribution < -0.4 is 10.6 Å². The SMILES string of the molecule is CCC(CC)(c1ccc(Nc2ncc(C(F)(F)F)c(Nc3cccc4c3C(=O)N(C)CC4)n2)cc1)P(=O)(O)O. The molecule has 2 aromatic carbocycles. The lowest BCUT2D eigenvalue weighted by atomic mass is 9.92. The van der Waals surface area contributed by atoms with Crippen molar-refractivity contribution in [3.8, 4) is 0 Å². The second kappa shape index (κ2) is 10.6. The Hall–Kier alpha value is -3.47. The second-order valence-electron chi connectivity index (χ2n) is 9.38. The summed E-state index contributed by atoms with van der Waals surface area (Å²) in [4.78, 5) is 42.2. The van der Waals surface area contributed by atoms with E-state index in [0.29, 0.717) is 36.0 Å².